The molecular weight excluding hydrogens is 310 g/mol. The van der Waals surface area contributed by atoms with E-state index in [2.05, 4.69) is 26.4 Å². The van der Waals surface area contributed by atoms with Crippen molar-refractivity contribution < 1.29 is 4.79 Å². The SMILES string of the molecule is CN(Cc1ccsc1)C(=O)CN1CCCC[C@@H]1Cn1cncn1. The largest absolute Gasteiger partial charge is 0.340 e. The maximum Gasteiger partial charge on any atom is 0.236 e. The Balaban J connectivity index is 1.56. The van der Waals surface area contributed by atoms with Gasteiger partial charge in [-0.2, -0.15) is 16.4 Å². The van der Waals surface area contributed by atoms with Gasteiger partial charge in [0.15, 0.2) is 0 Å². The highest BCUT2D eigenvalue weighted by Gasteiger charge is 2.26. The molecule has 6 nitrogen and oxygen atoms in total. The molecule has 7 heteroatoms. The number of hydrogen-bond acceptors (Lipinski definition) is 5. The first-order chi connectivity index (χ1) is 11.2. The summed E-state index contributed by atoms with van der Waals surface area (Å²) in [5, 5.41) is 8.34. The number of piperidine rings is 1. The summed E-state index contributed by atoms with van der Waals surface area (Å²) in [5.41, 5.74) is 1.20. The molecule has 2 aromatic heterocycles. The van der Waals surface area contributed by atoms with Crippen LogP contribution in [0.1, 0.15) is 24.8 Å². The highest BCUT2D eigenvalue weighted by molar-refractivity contribution is 7.07. The zero-order valence-corrected chi connectivity index (χ0v) is 14.3. The molecule has 23 heavy (non-hydrogen) atoms. The molecule has 1 aliphatic heterocycles. The quantitative estimate of drug-likeness (QED) is 0.810. The molecule has 1 aliphatic rings. The molecule has 3 heterocycles. The van der Waals surface area contributed by atoms with Crippen molar-refractivity contribution in [3.05, 3.63) is 35.0 Å². The molecule has 0 unspecified atom stereocenters. The molecule has 0 saturated carbocycles. The van der Waals surface area contributed by atoms with Crippen molar-refractivity contribution >= 4 is 17.2 Å². The predicted octanol–water partition coefficient (Wildman–Crippen LogP) is 1.85. The molecule has 0 spiro atoms. The lowest BCUT2D eigenvalue weighted by Crippen LogP contribution is -2.47. The lowest BCUT2D eigenvalue weighted by atomic mass is 10.0. The number of likely N-dealkylation sites (N-methyl/N-ethyl adjacent to an activating group) is 1. The maximum atomic E-state index is 12.5. The van der Waals surface area contributed by atoms with Crippen LogP contribution in [-0.4, -0.2) is 56.7 Å². The van der Waals surface area contributed by atoms with Gasteiger partial charge in [-0.1, -0.05) is 6.42 Å². The van der Waals surface area contributed by atoms with E-state index in [9.17, 15) is 4.79 Å². The molecule has 0 aliphatic carbocycles. The number of carbonyl (C=O) groups excluding carboxylic acids is 1. The zero-order chi connectivity index (χ0) is 16.1. The third-order valence-electron chi connectivity index (χ3n) is 4.38. The van der Waals surface area contributed by atoms with E-state index in [-0.39, 0.29) is 5.91 Å². The van der Waals surface area contributed by atoms with Crippen molar-refractivity contribution in [1.82, 2.24) is 24.6 Å². The number of hydrogen-bond donors (Lipinski definition) is 0. The lowest BCUT2D eigenvalue weighted by molar-refractivity contribution is -0.132. The third-order valence-corrected chi connectivity index (χ3v) is 5.11. The van der Waals surface area contributed by atoms with Crippen molar-refractivity contribution in [1.29, 1.82) is 0 Å². The number of thiophene rings is 1. The van der Waals surface area contributed by atoms with Crippen LogP contribution in [0, 0.1) is 0 Å². The van der Waals surface area contributed by atoms with E-state index in [1.165, 1.54) is 12.0 Å². The number of rotatable bonds is 6. The van der Waals surface area contributed by atoms with Crippen LogP contribution < -0.4 is 0 Å². The van der Waals surface area contributed by atoms with Crippen LogP contribution in [0.15, 0.2) is 29.5 Å². The molecule has 0 bridgehead atoms. The Morgan fingerprint density at radius 2 is 2.39 bits per heavy atom. The molecule has 1 fully saturated rings. The van der Waals surface area contributed by atoms with E-state index in [1.807, 2.05) is 22.0 Å². The molecule has 124 valence electrons. The Hall–Kier alpha value is -1.73. The van der Waals surface area contributed by atoms with Gasteiger partial charge in [0.05, 0.1) is 13.1 Å². The zero-order valence-electron chi connectivity index (χ0n) is 13.5. The standard InChI is InChI=1S/C16H23N5OS/c1-19(8-14-5-7-23-11-14)16(22)10-20-6-3-2-4-15(20)9-21-13-17-12-18-21/h5,7,11-13,15H,2-4,6,8-10H2,1H3/t15-/m1/s1. The van der Waals surface area contributed by atoms with Crippen molar-refractivity contribution in [2.24, 2.45) is 0 Å². The van der Waals surface area contributed by atoms with Crippen LogP contribution in [0.4, 0.5) is 0 Å². The first-order valence-electron chi connectivity index (χ1n) is 8.04. The third kappa shape index (κ3) is 4.39. The van der Waals surface area contributed by atoms with E-state index in [1.54, 1.807) is 24.0 Å². The van der Waals surface area contributed by atoms with Gasteiger partial charge in [-0.05, 0) is 41.8 Å². The van der Waals surface area contributed by atoms with Gasteiger partial charge in [-0.25, -0.2) is 4.98 Å². The lowest BCUT2D eigenvalue weighted by Gasteiger charge is -2.35. The molecule has 0 N–H and O–H groups in total. The van der Waals surface area contributed by atoms with Gasteiger partial charge in [0, 0.05) is 19.6 Å². The molecular formula is C16H23N5OS. The number of likely N-dealkylation sites (tertiary alicyclic amines) is 1. The van der Waals surface area contributed by atoms with Gasteiger partial charge in [0.2, 0.25) is 5.91 Å². The summed E-state index contributed by atoms with van der Waals surface area (Å²) in [6, 6.07) is 2.44. The Labute approximate surface area is 140 Å². The summed E-state index contributed by atoms with van der Waals surface area (Å²) in [6.07, 6.45) is 6.80. The highest BCUT2D eigenvalue weighted by atomic mass is 32.1. The molecule has 3 rings (SSSR count). The average Bonchev–Trinajstić information content (AvgIpc) is 3.23. The molecule has 1 saturated heterocycles. The Bertz CT molecular complexity index is 598. The second kappa shape index (κ2) is 7.70. The minimum Gasteiger partial charge on any atom is -0.340 e. The van der Waals surface area contributed by atoms with Crippen LogP contribution in [-0.2, 0) is 17.9 Å². The number of carbonyl (C=O) groups is 1. The minimum atomic E-state index is 0.182. The van der Waals surface area contributed by atoms with Gasteiger partial charge in [0.25, 0.3) is 0 Å². The fourth-order valence-electron chi connectivity index (χ4n) is 3.06. The molecule has 0 radical (unpaired) electrons. The minimum absolute atomic E-state index is 0.182. The monoisotopic (exact) mass is 333 g/mol. The number of nitrogens with zero attached hydrogens (tertiary/aromatic N) is 5. The second-order valence-corrected chi connectivity index (χ2v) is 6.90. The first kappa shape index (κ1) is 16.1. The van der Waals surface area contributed by atoms with E-state index in [4.69, 9.17) is 0 Å². The van der Waals surface area contributed by atoms with Gasteiger partial charge < -0.3 is 4.90 Å². The summed E-state index contributed by atoms with van der Waals surface area (Å²) in [4.78, 5) is 20.7. The van der Waals surface area contributed by atoms with Crippen LogP contribution >= 0.6 is 11.3 Å². The van der Waals surface area contributed by atoms with E-state index in [0.717, 1.165) is 25.9 Å². The van der Waals surface area contributed by atoms with Crippen molar-refractivity contribution in [2.75, 3.05) is 20.1 Å². The van der Waals surface area contributed by atoms with Crippen LogP contribution in [0.25, 0.3) is 0 Å². The van der Waals surface area contributed by atoms with E-state index >= 15 is 0 Å². The molecule has 2 aromatic rings. The van der Waals surface area contributed by atoms with Crippen molar-refractivity contribution in [3.8, 4) is 0 Å². The summed E-state index contributed by atoms with van der Waals surface area (Å²) >= 11 is 1.67. The molecule has 0 aromatic carbocycles. The van der Waals surface area contributed by atoms with Gasteiger partial charge in [-0.3, -0.25) is 14.4 Å². The molecule has 1 atom stereocenters. The van der Waals surface area contributed by atoms with Crippen LogP contribution in [0.3, 0.4) is 0 Å². The summed E-state index contributed by atoms with van der Waals surface area (Å²) in [5.74, 6) is 0.182. The summed E-state index contributed by atoms with van der Waals surface area (Å²) in [7, 11) is 1.89. The molecule has 1 amide bonds. The first-order valence-corrected chi connectivity index (χ1v) is 8.98. The van der Waals surface area contributed by atoms with Crippen molar-refractivity contribution in [3.63, 3.8) is 0 Å². The Morgan fingerprint density at radius 3 is 3.13 bits per heavy atom. The number of aromatic nitrogens is 3. The second-order valence-electron chi connectivity index (χ2n) is 6.12. The Kier molecular flexibility index (Phi) is 5.40. The maximum absolute atomic E-state index is 12.5. The summed E-state index contributed by atoms with van der Waals surface area (Å²) < 4.78 is 1.86. The van der Waals surface area contributed by atoms with E-state index in [0.29, 0.717) is 19.1 Å². The van der Waals surface area contributed by atoms with E-state index < -0.39 is 0 Å². The van der Waals surface area contributed by atoms with Gasteiger partial charge in [0.1, 0.15) is 12.7 Å². The fraction of sp³-hybridized carbons (Fsp3) is 0.562. The Morgan fingerprint density at radius 1 is 1.48 bits per heavy atom. The normalized spacial score (nSPS) is 18.9. The van der Waals surface area contributed by atoms with Crippen LogP contribution in [0.2, 0.25) is 0 Å². The average molecular weight is 333 g/mol. The highest BCUT2D eigenvalue weighted by Crippen LogP contribution is 2.18. The smallest absolute Gasteiger partial charge is 0.236 e. The number of amides is 1. The predicted molar refractivity (Wildman–Crippen MR) is 90.0 cm³/mol. The van der Waals surface area contributed by atoms with Crippen molar-refractivity contribution in [2.45, 2.75) is 38.4 Å². The van der Waals surface area contributed by atoms with Gasteiger partial charge >= 0.3 is 0 Å². The topological polar surface area (TPSA) is 54.3 Å². The summed E-state index contributed by atoms with van der Waals surface area (Å²) in [6.45, 7) is 2.96. The fourth-order valence-corrected chi connectivity index (χ4v) is 3.72. The van der Waals surface area contributed by atoms with Gasteiger partial charge in [-0.15, -0.1) is 0 Å². The van der Waals surface area contributed by atoms with Crippen LogP contribution in [0.5, 0.6) is 0 Å².